The number of rotatable bonds is 7. The van der Waals surface area contributed by atoms with Crippen molar-refractivity contribution < 1.29 is 23.4 Å². The third-order valence-electron chi connectivity index (χ3n) is 3.38. The molecule has 0 saturated carbocycles. The molecule has 5 heteroatoms. The van der Waals surface area contributed by atoms with Crippen LogP contribution in [0.4, 0.5) is 0 Å². The summed E-state index contributed by atoms with van der Waals surface area (Å²) in [6, 6.07) is 6.96. The fourth-order valence-corrected chi connectivity index (χ4v) is 2.15. The maximum atomic E-state index is 12.3. The summed E-state index contributed by atoms with van der Waals surface area (Å²) in [4.78, 5) is 12.3. The first-order valence-corrected chi connectivity index (χ1v) is 7.24. The predicted octanol–water partition coefficient (Wildman–Crippen LogP) is 3.76. The van der Waals surface area contributed by atoms with Gasteiger partial charge in [0.1, 0.15) is 11.5 Å². The number of methoxy groups -OCH3 is 3. The smallest absolute Gasteiger partial charge is 0.203 e. The lowest BCUT2D eigenvalue weighted by Gasteiger charge is -2.13. The first kappa shape index (κ1) is 16.7. The van der Waals surface area contributed by atoms with Gasteiger partial charge < -0.3 is 18.6 Å². The molecule has 0 fully saturated rings. The van der Waals surface area contributed by atoms with Crippen LogP contribution < -0.4 is 14.2 Å². The second-order valence-corrected chi connectivity index (χ2v) is 4.77. The van der Waals surface area contributed by atoms with Crippen LogP contribution in [0, 0.1) is 0 Å². The van der Waals surface area contributed by atoms with Gasteiger partial charge >= 0.3 is 0 Å². The molecule has 1 heterocycles. The van der Waals surface area contributed by atoms with Crippen molar-refractivity contribution in [1.29, 1.82) is 0 Å². The first-order valence-electron chi connectivity index (χ1n) is 7.24. The normalized spacial score (nSPS) is 10.8. The van der Waals surface area contributed by atoms with Crippen LogP contribution in [0.15, 0.2) is 34.8 Å². The molecule has 0 bridgehead atoms. The molecule has 0 atom stereocenters. The summed E-state index contributed by atoms with van der Waals surface area (Å²) < 4.78 is 21.3. The quantitative estimate of drug-likeness (QED) is 0.575. The molecule has 1 aromatic heterocycles. The van der Waals surface area contributed by atoms with Crippen molar-refractivity contribution in [3.63, 3.8) is 0 Å². The number of furan rings is 1. The number of benzene rings is 1. The Kier molecular flexibility index (Phi) is 5.46. The van der Waals surface area contributed by atoms with Gasteiger partial charge in [-0.1, -0.05) is 6.92 Å². The van der Waals surface area contributed by atoms with E-state index in [1.165, 1.54) is 27.4 Å². The molecule has 0 unspecified atom stereocenters. The van der Waals surface area contributed by atoms with Crippen molar-refractivity contribution in [3.05, 3.63) is 47.4 Å². The van der Waals surface area contributed by atoms with Crippen molar-refractivity contribution in [3.8, 4) is 17.2 Å². The number of carbonyl (C=O) groups excluding carboxylic acids is 1. The van der Waals surface area contributed by atoms with Crippen LogP contribution in [0.1, 0.15) is 28.8 Å². The molecule has 0 spiro atoms. The minimum atomic E-state index is -0.182. The Morgan fingerprint density at radius 2 is 1.74 bits per heavy atom. The Hall–Kier alpha value is -2.69. The summed E-state index contributed by atoms with van der Waals surface area (Å²) in [7, 11) is 4.54. The van der Waals surface area contributed by atoms with Crippen LogP contribution in [-0.4, -0.2) is 27.1 Å². The summed E-state index contributed by atoms with van der Waals surface area (Å²) in [6.07, 6.45) is 3.91. The molecule has 0 saturated heterocycles. The minimum absolute atomic E-state index is 0.182. The van der Waals surface area contributed by atoms with E-state index in [0.717, 1.165) is 12.2 Å². The predicted molar refractivity (Wildman–Crippen MR) is 87.5 cm³/mol. The molecule has 0 aliphatic carbocycles. The van der Waals surface area contributed by atoms with E-state index in [9.17, 15) is 4.79 Å². The van der Waals surface area contributed by atoms with Crippen LogP contribution >= 0.6 is 0 Å². The van der Waals surface area contributed by atoms with Gasteiger partial charge in [0.25, 0.3) is 0 Å². The van der Waals surface area contributed by atoms with Crippen LogP contribution in [0.5, 0.6) is 17.2 Å². The van der Waals surface area contributed by atoms with Crippen molar-refractivity contribution in [1.82, 2.24) is 0 Å². The molecule has 0 amide bonds. The van der Waals surface area contributed by atoms with Crippen molar-refractivity contribution in [2.24, 2.45) is 0 Å². The third-order valence-corrected chi connectivity index (χ3v) is 3.38. The highest BCUT2D eigenvalue weighted by atomic mass is 16.5. The second kappa shape index (κ2) is 7.54. The van der Waals surface area contributed by atoms with E-state index in [0.29, 0.717) is 28.6 Å². The Labute approximate surface area is 135 Å². The molecule has 5 nitrogen and oxygen atoms in total. The third kappa shape index (κ3) is 3.74. The Balaban J connectivity index is 2.28. The fraction of sp³-hybridized carbons (Fsp3) is 0.278. The average molecular weight is 316 g/mol. The van der Waals surface area contributed by atoms with E-state index < -0.39 is 0 Å². The molecule has 0 aliphatic heterocycles. The number of carbonyl (C=O) groups is 1. The summed E-state index contributed by atoms with van der Waals surface area (Å²) >= 11 is 0. The van der Waals surface area contributed by atoms with Gasteiger partial charge in [0, 0.05) is 12.0 Å². The molecule has 0 aliphatic rings. The highest BCUT2D eigenvalue weighted by molar-refractivity contribution is 6.07. The molecular formula is C18H20O5. The number of ether oxygens (including phenoxy) is 3. The maximum absolute atomic E-state index is 12.3. The zero-order valence-electron chi connectivity index (χ0n) is 13.7. The van der Waals surface area contributed by atoms with Gasteiger partial charge in [0.2, 0.25) is 5.75 Å². The molecule has 1 aromatic carbocycles. The average Bonchev–Trinajstić information content (AvgIpc) is 3.06. The second-order valence-electron chi connectivity index (χ2n) is 4.77. The highest BCUT2D eigenvalue weighted by Crippen LogP contribution is 2.38. The molecule has 0 N–H and O–H groups in total. The van der Waals surface area contributed by atoms with Crippen LogP contribution in [0.25, 0.3) is 6.08 Å². The number of ketones is 1. The Bertz CT molecular complexity index is 687. The summed E-state index contributed by atoms with van der Waals surface area (Å²) in [6.45, 7) is 2.01. The number of hydrogen-bond acceptors (Lipinski definition) is 5. The minimum Gasteiger partial charge on any atom is -0.493 e. The van der Waals surface area contributed by atoms with Crippen LogP contribution in [0.2, 0.25) is 0 Å². The fourth-order valence-electron chi connectivity index (χ4n) is 2.15. The molecule has 23 heavy (non-hydrogen) atoms. The van der Waals surface area contributed by atoms with E-state index >= 15 is 0 Å². The van der Waals surface area contributed by atoms with Gasteiger partial charge in [-0.05, 0) is 36.4 Å². The lowest BCUT2D eigenvalue weighted by Crippen LogP contribution is -2.00. The lowest BCUT2D eigenvalue weighted by atomic mass is 10.1. The lowest BCUT2D eigenvalue weighted by molar-refractivity contribution is 0.104. The van der Waals surface area contributed by atoms with Gasteiger partial charge in [-0.25, -0.2) is 0 Å². The SMILES string of the molecule is CCc1ccc(/C=C/C(=O)c2cc(OC)c(OC)c(OC)c2)o1. The van der Waals surface area contributed by atoms with Crippen LogP contribution in [0.3, 0.4) is 0 Å². The van der Waals surface area contributed by atoms with E-state index in [1.54, 1.807) is 18.2 Å². The molecular weight excluding hydrogens is 296 g/mol. The highest BCUT2D eigenvalue weighted by Gasteiger charge is 2.15. The standard InChI is InChI=1S/C18H20O5/c1-5-13-6-7-14(23-13)8-9-15(19)12-10-16(20-2)18(22-4)17(11-12)21-3/h6-11H,5H2,1-4H3/b9-8+. The zero-order chi connectivity index (χ0) is 16.8. The van der Waals surface area contributed by atoms with E-state index in [1.807, 2.05) is 19.1 Å². The zero-order valence-corrected chi connectivity index (χ0v) is 13.7. The van der Waals surface area contributed by atoms with Crippen molar-refractivity contribution >= 4 is 11.9 Å². The van der Waals surface area contributed by atoms with Gasteiger partial charge in [-0.15, -0.1) is 0 Å². The van der Waals surface area contributed by atoms with Crippen molar-refractivity contribution in [2.75, 3.05) is 21.3 Å². The Morgan fingerprint density at radius 1 is 1.09 bits per heavy atom. The van der Waals surface area contributed by atoms with E-state index in [4.69, 9.17) is 18.6 Å². The van der Waals surface area contributed by atoms with E-state index in [2.05, 4.69) is 0 Å². The van der Waals surface area contributed by atoms with Crippen LogP contribution in [-0.2, 0) is 6.42 Å². The topological polar surface area (TPSA) is 57.9 Å². The number of allylic oxidation sites excluding steroid dienone is 1. The van der Waals surface area contributed by atoms with E-state index in [-0.39, 0.29) is 5.78 Å². The van der Waals surface area contributed by atoms with Gasteiger partial charge in [-0.3, -0.25) is 4.79 Å². The summed E-state index contributed by atoms with van der Waals surface area (Å²) in [5.41, 5.74) is 0.443. The largest absolute Gasteiger partial charge is 0.493 e. The monoisotopic (exact) mass is 316 g/mol. The number of hydrogen-bond donors (Lipinski definition) is 0. The molecule has 122 valence electrons. The summed E-state index contributed by atoms with van der Waals surface area (Å²) in [5.74, 6) is 2.67. The number of aryl methyl sites for hydroxylation is 1. The molecule has 0 radical (unpaired) electrons. The van der Waals surface area contributed by atoms with Gasteiger partial charge in [-0.2, -0.15) is 0 Å². The maximum Gasteiger partial charge on any atom is 0.203 e. The molecule has 2 aromatic rings. The summed E-state index contributed by atoms with van der Waals surface area (Å²) in [5, 5.41) is 0. The molecule has 2 rings (SSSR count). The van der Waals surface area contributed by atoms with Gasteiger partial charge in [0.05, 0.1) is 21.3 Å². The Morgan fingerprint density at radius 3 is 2.22 bits per heavy atom. The van der Waals surface area contributed by atoms with Gasteiger partial charge in [0.15, 0.2) is 17.3 Å². The first-order chi connectivity index (χ1) is 11.1. The van der Waals surface area contributed by atoms with Crippen molar-refractivity contribution in [2.45, 2.75) is 13.3 Å².